The van der Waals surface area contributed by atoms with Gasteiger partial charge in [0.05, 0.1) is 11.9 Å². The normalized spacial score (nSPS) is 12.3. The van der Waals surface area contributed by atoms with Crippen molar-refractivity contribution in [1.29, 1.82) is 0 Å². The van der Waals surface area contributed by atoms with Crippen LogP contribution in [0.4, 0.5) is 0 Å². The molecule has 0 unspecified atom stereocenters. The topological polar surface area (TPSA) is 100 Å². The molecule has 2 aromatic carbocycles. The molecule has 0 spiro atoms. The highest BCUT2D eigenvalue weighted by atomic mass is 35.5. The molecule has 0 atom stereocenters. The number of nitrogens with one attached hydrogen (secondary N) is 1. The smallest absolute Gasteiger partial charge is 0.264 e. The molecule has 0 saturated carbocycles. The largest absolute Gasteiger partial charge is 0.454 e. The van der Waals surface area contributed by atoms with Crippen molar-refractivity contribution in [1.82, 2.24) is 24.6 Å². The van der Waals surface area contributed by atoms with E-state index in [1.165, 1.54) is 21.8 Å². The third-order valence-corrected chi connectivity index (χ3v) is 5.08. The highest BCUT2D eigenvalue weighted by Crippen LogP contribution is 2.32. The van der Waals surface area contributed by atoms with Crippen LogP contribution < -0.4 is 20.3 Å². The maximum atomic E-state index is 12.8. The number of rotatable bonds is 5. The summed E-state index contributed by atoms with van der Waals surface area (Å²) >= 11 is 6.04. The summed E-state index contributed by atoms with van der Waals surface area (Å²) in [6, 6.07) is 12.5. The fraction of sp³-hybridized carbons (Fsp3) is 0.143. The Morgan fingerprint density at radius 3 is 2.90 bits per heavy atom. The van der Waals surface area contributed by atoms with Crippen LogP contribution in [0.2, 0.25) is 5.02 Å². The molecule has 9 nitrogen and oxygen atoms in total. The minimum Gasteiger partial charge on any atom is -0.454 e. The van der Waals surface area contributed by atoms with Crippen LogP contribution in [0.5, 0.6) is 11.5 Å². The zero-order valence-corrected chi connectivity index (χ0v) is 16.9. The Balaban J connectivity index is 1.32. The summed E-state index contributed by atoms with van der Waals surface area (Å²) in [6.07, 6.45) is 2.78. The molecule has 5 rings (SSSR count). The van der Waals surface area contributed by atoms with Crippen LogP contribution in [0, 0.1) is 0 Å². The molecule has 0 fully saturated rings. The monoisotopic (exact) mass is 437 g/mol. The van der Waals surface area contributed by atoms with Gasteiger partial charge in [0.25, 0.3) is 5.56 Å². The zero-order chi connectivity index (χ0) is 21.4. The van der Waals surface area contributed by atoms with Gasteiger partial charge in [0, 0.05) is 11.6 Å². The third kappa shape index (κ3) is 3.71. The number of nitrogens with zero attached hydrogens (tertiary/aromatic N) is 4. The lowest BCUT2D eigenvalue weighted by atomic mass is 10.2. The average molecular weight is 438 g/mol. The first-order valence-electron chi connectivity index (χ1n) is 9.43. The molecule has 4 aromatic rings. The molecule has 0 aliphatic carbocycles. The van der Waals surface area contributed by atoms with Gasteiger partial charge in [-0.05, 0) is 35.9 Å². The number of fused-ring (bicyclic) bond motifs is 2. The Morgan fingerprint density at radius 2 is 2.03 bits per heavy atom. The van der Waals surface area contributed by atoms with E-state index >= 15 is 0 Å². The van der Waals surface area contributed by atoms with E-state index in [9.17, 15) is 9.59 Å². The van der Waals surface area contributed by atoms with Crippen molar-refractivity contribution >= 4 is 28.5 Å². The highest BCUT2D eigenvalue weighted by molar-refractivity contribution is 6.30. The quantitative estimate of drug-likeness (QED) is 0.514. The number of ether oxygens (including phenoxy) is 2. The van der Waals surface area contributed by atoms with Gasteiger partial charge < -0.3 is 14.8 Å². The fourth-order valence-corrected chi connectivity index (χ4v) is 3.50. The van der Waals surface area contributed by atoms with Crippen LogP contribution in [0.25, 0.3) is 16.7 Å². The number of amides is 1. The minimum atomic E-state index is -0.350. The zero-order valence-electron chi connectivity index (χ0n) is 16.1. The van der Waals surface area contributed by atoms with E-state index in [1.807, 2.05) is 18.2 Å². The Labute approximate surface area is 180 Å². The van der Waals surface area contributed by atoms with E-state index in [1.54, 1.807) is 24.3 Å². The van der Waals surface area contributed by atoms with Crippen molar-refractivity contribution in [2.75, 3.05) is 6.79 Å². The summed E-state index contributed by atoms with van der Waals surface area (Å²) in [5.74, 6) is 1.01. The lowest BCUT2D eigenvalue weighted by molar-refractivity contribution is -0.121. The first-order chi connectivity index (χ1) is 15.1. The second-order valence-electron chi connectivity index (χ2n) is 6.92. The molecule has 1 aliphatic heterocycles. The van der Waals surface area contributed by atoms with Gasteiger partial charge >= 0.3 is 0 Å². The molecule has 156 valence electrons. The average Bonchev–Trinajstić information content (AvgIpc) is 3.41. The van der Waals surface area contributed by atoms with E-state index in [2.05, 4.69) is 15.4 Å². The molecule has 2 aromatic heterocycles. The number of hydrogen-bond acceptors (Lipinski definition) is 6. The van der Waals surface area contributed by atoms with Crippen molar-refractivity contribution in [3.63, 3.8) is 0 Å². The van der Waals surface area contributed by atoms with Gasteiger partial charge in [-0.3, -0.25) is 14.2 Å². The number of halogens is 1. The number of benzene rings is 2. The summed E-state index contributed by atoms with van der Waals surface area (Å²) in [6.45, 7) is 0.332. The van der Waals surface area contributed by atoms with Gasteiger partial charge in [-0.2, -0.15) is 5.10 Å². The third-order valence-electron chi connectivity index (χ3n) is 4.85. The van der Waals surface area contributed by atoms with Gasteiger partial charge in [0.2, 0.25) is 12.7 Å². The van der Waals surface area contributed by atoms with Crippen LogP contribution in [-0.4, -0.2) is 32.0 Å². The predicted octanol–water partition coefficient (Wildman–Crippen LogP) is 2.28. The number of carbonyl (C=O) groups is 1. The van der Waals surface area contributed by atoms with Gasteiger partial charge in [-0.15, -0.1) is 0 Å². The number of carbonyl (C=O) groups excluding carboxylic acids is 1. The Bertz CT molecular complexity index is 1360. The SMILES string of the molecule is O=C(Cn1cnc2c(cnn2-c2cccc(Cl)c2)c1=O)NCc1ccc2c(c1)OCO2. The number of aromatic nitrogens is 4. The molecule has 0 saturated heterocycles. The standard InChI is InChI=1S/C21H16ClN5O4/c22-14-2-1-3-15(7-14)27-20-16(9-25-27)21(29)26(11-24-20)10-19(28)23-8-13-4-5-17-18(6-13)31-12-30-17/h1-7,9,11H,8,10,12H2,(H,23,28). The lowest BCUT2D eigenvalue weighted by Gasteiger charge is -2.08. The Hall–Kier alpha value is -3.85. The van der Waals surface area contributed by atoms with Gasteiger partial charge in [0.1, 0.15) is 18.3 Å². The van der Waals surface area contributed by atoms with Crippen molar-refractivity contribution in [2.24, 2.45) is 0 Å². The van der Waals surface area contributed by atoms with E-state index in [0.717, 1.165) is 5.56 Å². The summed E-state index contributed by atoms with van der Waals surface area (Å²) in [7, 11) is 0. The van der Waals surface area contributed by atoms with Crippen LogP contribution in [-0.2, 0) is 17.9 Å². The lowest BCUT2D eigenvalue weighted by Crippen LogP contribution is -2.32. The molecule has 10 heteroatoms. The second kappa shape index (κ2) is 7.77. The van der Waals surface area contributed by atoms with Crippen LogP contribution in [0.15, 0.2) is 59.8 Å². The molecule has 1 amide bonds. The van der Waals surface area contributed by atoms with Gasteiger partial charge in [0.15, 0.2) is 17.1 Å². The predicted molar refractivity (Wildman–Crippen MR) is 113 cm³/mol. The summed E-state index contributed by atoms with van der Waals surface area (Å²) < 4.78 is 13.4. The highest BCUT2D eigenvalue weighted by Gasteiger charge is 2.15. The van der Waals surface area contributed by atoms with Crippen molar-refractivity contribution in [2.45, 2.75) is 13.1 Å². The van der Waals surface area contributed by atoms with Crippen LogP contribution >= 0.6 is 11.6 Å². The summed E-state index contributed by atoms with van der Waals surface area (Å²) in [5.41, 5.74) is 1.59. The van der Waals surface area contributed by atoms with E-state index in [4.69, 9.17) is 21.1 Å². The van der Waals surface area contributed by atoms with Crippen LogP contribution in [0.3, 0.4) is 0 Å². The van der Waals surface area contributed by atoms with Gasteiger partial charge in [-0.1, -0.05) is 23.7 Å². The number of hydrogen-bond donors (Lipinski definition) is 1. The van der Waals surface area contributed by atoms with Crippen molar-refractivity contribution in [3.05, 3.63) is 75.9 Å². The molecule has 1 N–H and O–H groups in total. The molecule has 0 bridgehead atoms. The minimum absolute atomic E-state index is 0.158. The van der Waals surface area contributed by atoms with E-state index < -0.39 is 0 Å². The van der Waals surface area contributed by atoms with E-state index in [-0.39, 0.29) is 24.8 Å². The second-order valence-corrected chi connectivity index (χ2v) is 7.35. The maximum absolute atomic E-state index is 12.8. The van der Waals surface area contributed by atoms with E-state index in [0.29, 0.717) is 39.8 Å². The molecular weight excluding hydrogens is 422 g/mol. The maximum Gasteiger partial charge on any atom is 0.264 e. The van der Waals surface area contributed by atoms with Crippen molar-refractivity contribution in [3.8, 4) is 17.2 Å². The first-order valence-corrected chi connectivity index (χ1v) is 9.80. The Morgan fingerprint density at radius 1 is 1.16 bits per heavy atom. The van der Waals surface area contributed by atoms with Crippen molar-refractivity contribution < 1.29 is 14.3 Å². The molecule has 3 heterocycles. The molecule has 31 heavy (non-hydrogen) atoms. The Kier molecular flexibility index (Phi) is 4.79. The fourth-order valence-electron chi connectivity index (χ4n) is 3.32. The molecular formula is C21H16ClN5O4. The summed E-state index contributed by atoms with van der Waals surface area (Å²) in [5, 5.41) is 7.91. The first kappa shape index (κ1) is 19.1. The molecule has 0 radical (unpaired) electrons. The summed E-state index contributed by atoms with van der Waals surface area (Å²) in [4.78, 5) is 29.5. The molecule has 1 aliphatic rings. The van der Waals surface area contributed by atoms with Gasteiger partial charge in [-0.25, -0.2) is 9.67 Å². The van der Waals surface area contributed by atoms with Crippen LogP contribution in [0.1, 0.15) is 5.56 Å².